The van der Waals surface area contributed by atoms with Gasteiger partial charge in [0.2, 0.25) is 0 Å². The Hall–Kier alpha value is -1.56. The number of nitrogens with two attached hydrogens (primary N) is 1. The number of hydrogen-bond acceptors (Lipinski definition) is 4. The first-order valence-electron chi connectivity index (χ1n) is 7.11. The third-order valence-corrected chi connectivity index (χ3v) is 3.25. The molecule has 0 aromatic carbocycles. The molecular formula is C14H24N4O2. The van der Waals surface area contributed by atoms with Crippen LogP contribution in [0.25, 0.3) is 0 Å². The lowest BCUT2D eigenvalue weighted by molar-refractivity contribution is -0.000760. The van der Waals surface area contributed by atoms with E-state index in [1.165, 1.54) is 5.69 Å². The van der Waals surface area contributed by atoms with Gasteiger partial charge in [0.15, 0.2) is 0 Å². The first-order chi connectivity index (χ1) is 9.40. The predicted octanol–water partition coefficient (Wildman–Crippen LogP) is 1.57. The molecule has 1 aromatic heterocycles. The third-order valence-electron chi connectivity index (χ3n) is 3.25. The number of likely N-dealkylation sites (tertiary alicyclic amines) is 1. The first kappa shape index (κ1) is 14.8. The summed E-state index contributed by atoms with van der Waals surface area (Å²) in [6.07, 6.45) is 3.44. The molecule has 1 amide bonds. The minimum absolute atomic E-state index is 0.246. The number of nitrogens with zero attached hydrogens (tertiary/aromatic N) is 3. The van der Waals surface area contributed by atoms with Crippen LogP contribution in [-0.2, 0) is 11.2 Å². The monoisotopic (exact) mass is 280 g/mol. The molecule has 1 aromatic rings. The van der Waals surface area contributed by atoms with Gasteiger partial charge in [0.1, 0.15) is 5.60 Å². The summed E-state index contributed by atoms with van der Waals surface area (Å²) in [6.45, 7) is 7.63. The second kappa shape index (κ2) is 5.83. The van der Waals surface area contributed by atoms with Gasteiger partial charge in [-0.05, 0) is 46.2 Å². The molecule has 0 aliphatic carbocycles. The molecule has 1 saturated heterocycles. The Morgan fingerprint density at radius 3 is 2.80 bits per heavy atom. The van der Waals surface area contributed by atoms with Crippen molar-refractivity contribution < 1.29 is 9.53 Å². The van der Waals surface area contributed by atoms with E-state index in [-0.39, 0.29) is 12.1 Å². The summed E-state index contributed by atoms with van der Waals surface area (Å²) in [5, 5.41) is 4.36. The summed E-state index contributed by atoms with van der Waals surface area (Å²) in [5.41, 5.74) is 6.28. The summed E-state index contributed by atoms with van der Waals surface area (Å²) < 4.78 is 7.35. The van der Waals surface area contributed by atoms with Crippen molar-refractivity contribution in [1.82, 2.24) is 14.7 Å². The molecule has 1 aliphatic rings. The van der Waals surface area contributed by atoms with Crippen molar-refractivity contribution in [3.8, 4) is 0 Å². The number of aromatic nitrogens is 2. The Morgan fingerprint density at radius 1 is 1.50 bits per heavy atom. The van der Waals surface area contributed by atoms with E-state index in [0.29, 0.717) is 19.6 Å². The normalized spacial score (nSPS) is 16.1. The van der Waals surface area contributed by atoms with E-state index in [1.807, 2.05) is 37.7 Å². The van der Waals surface area contributed by atoms with E-state index < -0.39 is 5.60 Å². The highest BCUT2D eigenvalue weighted by atomic mass is 16.6. The lowest BCUT2D eigenvalue weighted by Crippen LogP contribution is -2.52. The van der Waals surface area contributed by atoms with Crippen LogP contribution in [0.15, 0.2) is 12.3 Å². The number of carbonyl (C=O) groups excluding carboxylic acids is 1. The lowest BCUT2D eigenvalue weighted by atomic mass is 10.1. The maximum Gasteiger partial charge on any atom is 0.410 e. The van der Waals surface area contributed by atoms with Gasteiger partial charge in [-0.25, -0.2) is 4.79 Å². The zero-order chi connectivity index (χ0) is 14.8. The Labute approximate surface area is 119 Å². The highest BCUT2D eigenvalue weighted by molar-refractivity contribution is 5.69. The number of carbonyl (C=O) groups is 1. The minimum Gasteiger partial charge on any atom is -0.444 e. The summed E-state index contributed by atoms with van der Waals surface area (Å²) in [7, 11) is 0. The van der Waals surface area contributed by atoms with E-state index in [4.69, 9.17) is 10.5 Å². The van der Waals surface area contributed by atoms with Crippen molar-refractivity contribution >= 4 is 6.09 Å². The van der Waals surface area contributed by atoms with Crippen molar-refractivity contribution in [1.29, 1.82) is 0 Å². The number of rotatable bonds is 4. The molecule has 0 unspecified atom stereocenters. The van der Waals surface area contributed by atoms with Crippen LogP contribution in [0.4, 0.5) is 4.79 Å². The highest BCUT2D eigenvalue weighted by Gasteiger charge is 2.35. The molecule has 6 heteroatoms. The molecule has 6 nitrogen and oxygen atoms in total. The minimum atomic E-state index is -0.444. The zero-order valence-electron chi connectivity index (χ0n) is 12.5. The van der Waals surface area contributed by atoms with Crippen molar-refractivity contribution in [3.63, 3.8) is 0 Å². The Kier molecular flexibility index (Phi) is 4.32. The quantitative estimate of drug-likeness (QED) is 0.908. The van der Waals surface area contributed by atoms with Crippen molar-refractivity contribution in [2.45, 2.75) is 45.3 Å². The van der Waals surface area contributed by atoms with Crippen molar-refractivity contribution in [2.24, 2.45) is 5.73 Å². The molecular weight excluding hydrogens is 256 g/mol. The van der Waals surface area contributed by atoms with Crippen LogP contribution in [0, 0.1) is 0 Å². The molecule has 2 heterocycles. The molecule has 2 N–H and O–H groups in total. The number of ether oxygens (including phenoxy) is 1. The molecule has 0 bridgehead atoms. The Morgan fingerprint density at radius 2 is 2.20 bits per heavy atom. The van der Waals surface area contributed by atoms with Crippen molar-refractivity contribution in [2.75, 3.05) is 19.6 Å². The summed E-state index contributed by atoms with van der Waals surface area (Å²) in [6, 6.07) is 2.27. The van der Waals surface area contributed by atoms with Crippen molar-refractivity contribution in [3.05, 3.63) is 18.0 Å². The first-order valence-corrected chi connectivity index (χ1v) is 7.11. The van der Waals surface area contributed by atoms with E-state index in [2.05, 4.69) is 5.10 Å². The van der Waals surface area contributed by atoms with Crippen LogP contribution in [-0.4, -0.2) is 46.0 Å². The van der Waals surface area contributed by atoms with Gasteiger partial charge in [0, 0.05) is 25.0 Å². The maximum atomic E-state index is 11.9. The molecule has 0 atom stereocenters. The van der Waals surface area contributed by atoms with Crippen LogP contribution < -0.4 is 5.73 Å². The molecule has 0 spiro atoms. The fourth-order valence-corrected chi connectivity index (χ4v) is 2.24. The van der Waals surface area contributed by atoms with Crippen LogP contribution >= 0.6 is 0 Å². The highest BCUT2D eigenvalue weighted by Crippen LogP contribution is 2.24. The molecule has 1 aliphatic heterocycles. The van der Waals surface area contributed by atoms with E-state index in [1.54, 1.807) is 4.90 Å². The predicted molar refractivity (Wildman–Crippen MR) is 76.4 cm³/mol. The van der Waals surface area contributed by atoms with Gasteiger partial charge in [-0.15, -0.1) is 0 Å². The summed E-state index contributed by atoms with van der Waals surface area (Å²) in [5.74, 6) is 0. The van der Waals surface area contributed by atoms with Gasteiger partial charge in [0.25, 0.3) is 0 Å². The Balaban J connectivity index is 1.87. The number of aryl methyl sites for hydroxylation is 1. The smallest absolute Gasteiger partial charge is 0.410 e. The fraction of sp³-hybridized carbons (Fsp3) is 0.714. The molecule has 0 saturated carbocycles. The van der Waals surface area contributed by atoms with Crippen LogP contribution in [0.2, 0.25) is 0 Å². The maximum absolute atomic E-state index is 11.9. The van der Waals surface area contributed by atoms with Gasteiger partial charge in [-0.1, -0.05) is 0 Å². The van der Waals surface area contributed by atoms with Gasteiger partial charge >= 0.3 is 6.09 Å². The Bertz CT molecular complexity index is 458. The topological polar surface area (TPSA) is 73.4 Å². The van der Waals surface area contributed by atoms with Gasteiger partial charge in [0.05, 0.1) is 6.04 Å². The summed E-state index contributed by atoms with van der Waals surface area (Å²) >= 11 is 0. The van der Waals surface area contributed by atoms with E-state index in [9.17, 15) is 4.79 Å². The van der Waals surface area contributed by atoms with E-state index in [0.717, 1.165) is 12.8 Å². The number of hydrogen-bond donors (Lipinski definition) is 1. The van der Waals surface area contributed by atoms with Gasteiger partial charge in [-0.3, -0.25) is 4.68 Å². The molecule has 1 fully saturated rings. The fourth-order valence-electron chi connectivity index (χ4n) is 2.24. The molecule has 2 rings (SSSR count). The number of amides is 1. The van der Waals surface area contributed by atoms with Gasteiger partial charge < -0.3 is 15.4 Å². The molecule has 20 heavy (non-hydrogen) atoms. The third kappa shape index (κ3) is 3.50. The van der Waals surface area contributed by atoms with Crippen LogP contribution in [0.3, 0.4) is 0 Å². The molecule has 0 radical (unpaired) electrons. The molecule has 112 valence electrons. The van der Waals surface area contributed by atoms with Gasteiger partial charge in [-0.2, -0.15) is 5.10 Å². The SMILES string of the molecule is CC(C)(C)OC(=O)N1CC(n2nccc2CCCN)C1. The van der Waals surface area contributed by atoms with Crippen LogP contribution in [0.1, 0.15) is 38.9 Å². The average molecular weight is 280 g/mol. The van der Waals surface area contributed by atoms with E-state index >= 15 is 0 Å². The largest absolute Gasteiger partial charge is 0.444 e. The second-order valence-electron chi connectivity index (χ2n) is 6.20. The second-order valence-corrected chi connectivity index (χ2v) is 6.20. The van der Waals surface area contributed by atoms with Crippen LogP contribution in [0.5, 0.6) is 0 Å². The average Bonchev–Trinajstić information content (AvgIpc) is 2.70. The lowest BCUT2D eigenvalue weighted by Gasteiger charge is -2.40. The standard InChI is InChI=1S/C14H24N4O2/c1-14(2,3)20-13(19)17-9-12(10-17)18-11(5-4-7-15)6-8-16-18/h6,8,12H,4-5,7,9-10,15H2,1-3H3. The summed E-state index contributed by atoms with van der Waals surface area (Å²) in [4.78, 5) is 13.6. The zero-order valence-corrected chi connectivity index (χ0v) is 12.5.